The van der Waals surface area contributed by atoms with Gasteiger partial charge in [-0.25, -0.2) is 0 Å². The lowest BCUT2D eigenvalue weighted by molar-refractivity contribution is -0.917. The minimum atomic E-state index is 0.222. The van der Waals surface area contributed by atoms with Crippen LogP contribution in [-0.4, -0.2) is 28.5 Å². The summed E-state index contributed by atoms with van der Waals surface area (Å²) in [5.74, 6) is 1.70. The maximum absolute atomic E-state index is 6.04. The van der Waals surface area contributed by atoms with Gasteiger partial charge in [-0.3, -0.25) is 4.57 Å². The van der Waals surface area contributed by atoms with Crippen LogP contribution in [0.15, 0.2) is 36.4 Å². The van der Waals surface area contributed by atoms with Gasteiger partial charge in [0.05, 0.1) is 23.4 Å². The van der Waals surface area contributed by atoms with Crippen molar-refractivity contribution in [3.8, 4) is 17.1 Å². The zero-order valence-corrected chi connectivity index (χ0v) is 18.3. The van der Waals surface area contributed by atoms with Crippen molar-refractivity contribution >= 4 is 35.2 Å². The quantitative estimate of drug-likeness (QED) is 0.582. The lowest BCUT2D eigenvalue weighted by atomic mass is 10.2. The van der Waals surface area contributed by atoms with E-state index >= 15 is 0 Å². The van der Waals surface area contributed by atoms with Gasteiger partial charge in [0.1, 0.15) is 12.3 Å². The van der Waals surface area contributed by atoms with E-state index in [1.807, 2.05) is 35.0 Å². The van der Waals surface area contributed by atoms with Gasteiger partial charge in [0.15, 0.2) is 12.5 Å². The fraction of sp³-hybridized carbons (Fsp3) is 0.368. The summed E-state index contributed by atoms with van der Waals surface area (Å²) < 4.78 is 10.8. The highest BCUT2D eigenvalue weighted by Gasteiger charge is 2.17. The summed E-state index contributed by atoms with van der Waals surface area (Å²) in [5.41, 5.74) is 1.03. The minimum absolute atomic E-state index is 0.222. The molecule has 0 saturated carbocycles. The van der Waals surface area contributed by atoms with Crippen LogP contribution in [0.5, 0.6) is 5.75 Å². The Labute approximate surface area is 173 Å². The number of quaternary nitrogens is 1. The topological polar surface area (TPSA) is 36.4 Å². The van der Waals surface area contributed by atoms with Crippen LogP contribution >= 0.6 is 35.2 Å². The molecule has 27 heavy (non-hydrogen) atoms. The number of halogens is 1. The summed E-state index contributed by atoms with van der Waals surface area (Å²) in [6.07, 6.45) is 0. The number of hydrogen-bond donors (Lipinski definition) is 1. The van der Waals surface area contributed by atoms with Crippen molar-refractivity contribution in [1.29, 1.82) is 0 Å². The van der Waals surface area contributed by atoms with Crippen molar-refractivity contribution in [2.45, 2.75) is 33.1 Å². The molecule has 0 aliphatic rings. The van der Waals surface area contributed by atoms with Gasteiger partial charge in [-0.05, 0) is 62.5 Å². The van der Waals surface area contributed by atoms with Crippen molar-refractivity contribution in [2.24, 2.45) is 0 Å². The maximum Gasteiger partial charge on any atom is 0.203 e. The molecule has 0 saturated heterocycles. The fourth-order valence-corrected chi connectivity index (χ4v) is 4.59. The molecule has 0 aliphatic heterocycles. The highest BCUT2D eigenvalue weighted by atomic mass is 35.5. The number of thiophene rings is 1. The molecule has 0 radical (unpaired) electrons. The highest BCUT2D eigenvalue weighted by Crippen LogP contribution is 2.24. The van der Waals surface area contributed by atoms with E-state index in [-0.39, 0.29) is 6.04 Å². The summed E-state index contributed by atoms with van der Waals surface area (Å²) in [4.78, 5) is 2.54. The van der Waals surface area contributed by atoms with E-state index in [9.17, 15) is 0 Å². The van der Waals surface area contributed by atoms with E-state index in [1.54, 1.807) is 18.4 Å². The Kier molecular flexibility index (Phi) is 6.37. The molecule has 3 rings (SSSR count). The molecule has 0 amide bonds. The number of ether oxygens (including phenoxy) is 1. The molecule has 144 valence electrons. The van der Waals surface area contributed by atoms with Crippen molar-refractivity contribution in [1.82, 2.24) is 14.3 Å². The molecular formula is C19H24ClN4OS2+. The number of rotatable bonds is 7. The van der Waals surface area contributed by atoms with Crippen molar-refractivity contribution in [3.63, 3.8) is 0 Å². The van der Waals surface area contributed by atoms with Gasteiger partial charge in [-0.15, -0.1) is 16.4 Å². The van der Waals surface area contributed by atoms with Crippen LogP contribution < -0.4 is 9.64 Å². The molecule has 2 aromatic heterocycles. The first-order chi connectivity index (χ1) is 12.9. The predicted molar refractivity (Wildman–Crippen MR) is 113 cm³/mol. The summed E-state index contributed by atoms with van der Waals surface area (Å²) in [7, 11) is 3.80. The number of nitrogens with one attached hydrogen (secondary N) is 1. The van der Waals surface area contributed by atoms with Gasteiger partial charge in [-0.2, -0.15) is 4.68 Å². The lowest BCUT2D eigenvalue weighted by Crippen LogP contribution is -3.06. The third-order valence-electron chi connectivity index (χ3n) is 4.26. The number of nitrogens with zero attached hydrogens (tertiary/aromatic N) is 3. The van der Waals surface area contributed by atoms with E-state index in [0.29, 0.717) is 6.67 Å². The summed E-state index contributed by atoms with van der Waals surface area (Å²) in [5, 5.41) is 4.83. The molecular weight excluding hydrogens is 400 g/mol. The first-order valence-corrected chi connectivity index (χ1v) is 10.4. The van der Waals surface area contributed by atoms with Crippen molar-refractivity contribution in [3.05, 3.63) is 50.4 Å². The highest BCUT2D eigenvalue weighted by molar-refractivity contribution is 7.71. The van der Waals surface area contributed by atoms with Gasteiger partial charge in [0.25, 0.3) is 0 Å². The van der Waals surface area contributed by atoms with Crippen LogP contribution in [-0.2, 0) is 13.2 Å². The van der Waals surface area contributed by atoms with Gasteiger partial charge in [-0.1, -0.05) is 11.6 Å². The molecule has 0 spiro atoms. The van der Waals surface area contributed by atoms with E-state index in [4.69, 9.17) is 33.7 Å². The second-order valence-electron chi connectivity index (χ2n) is 6.80. The Morgan fingerprint density at radius 3 is 2.48 bits per heavy atom. The number of aromatic nitrogens is 3. The molecule has 2 heterocycles. The van der Waals surface area contributed by atoms with Crippen LogP contribution in [0.25, 0.3) is 11.4 Å². The molecule has 0 fully saturated rings. The third kappa shape index (κ3) is 4.60. The molecule has 1 aromatic carbocycles. The fourth-order valence-electron chi connectivity index (χ4n) is 2.98. The van der Waals surface area contributed by atoms with Crippen LogP contribution in [0, 0.1) is 4.77 Å². The predicted octanol–water partition coefficient (Wildman–Crippen LogP) is 4.06. The van der Waals surface area contributed by atoms with E-state index in [1.165, 1.54) is 9.78 Å². The Balaban J connectivity index is 1.88. The number of hydrogen-bond acceptors (Lipinski definition) is 4. The van der Waals surface area contributed by atoms with Crippen LogP contribution in [0.2, 0.25) is 4.34 Å². The molecule has 5 nitrogen and oxygen atoms in total. The average molecular weight is 424 g/mol. The minimum Gasteiger partial charge on any atom is -0.497 e. The van der Waals surface area contributed by atoms with Crippen LogP contribution in [0.1, 0.15) is 24.8 Å². The SMILES string of the molecule is COc1ccc(-c2nn(C[NH+](C)Cc3ccc(Cl)s3)c(=S)n2C(C)C)cc1. The molecule has 0 aliphatic carbocycles. The van der Waals surface area contributed by atoms with Gasteiger partial charge in [0, 0.05) is 11.6 Å². The Hall–Kier alpha value is -1.67. The standard InChI is InChI=1S/C19H23ClN4OS2/c1-13(2)24-18(14-5-7-15(25-4)8-6-14)21-23(19(24)26)12-22(3)11-16-9-10-17(20)27-16/h5-10,13H,11-12H2,1-4H3/p+1. The lowest BCUT2D eigenvalue weighted by Gasteiger charge is -2.13. The summed E-state index contributed by atoms with van der Waals surface area (Å²) in [6, 6.07) is 12.2. The average Bonchev–Trinajstić information content (AvgIpc) is 3.18. The van der Waals surface area contributed by atoms with Crippen molar-refractivity contribution < 1.29 is 9.64 Å². The number of benzene rings is 1. The monoisotopic (exact) mass is 423 g/mol. The second kappa shape index (κ2) is 8.56. The van der Waals surface area contributed by atoms with Crippen LogP contribution in [0.3, 0.4) is 0 Å². The smallest absolute Gasteiger partial charge is 0.203 e. The Bertz CT molecular complexity index is 959. The van der Waals surface area contributed by atoms with E-state index < -0.39 is 0 Å². The zero-order chi connectivity index (χ0) is 19.6. The zero-order valence-electron chi connectivity index (χ0n) is 15.9. The molecule has 1 N–H and O–H groups in total. The third-order valence-corrected chi connectivity index (χ3v) is 5.90. The van der Waals surface area contributed by atoms with Gasteiger partial charge < -0.3 is 9.64 Å². The second-order valence-corrected chi connectivity index (χ2v) is 8.96. The van der Waals surface area contributed by atoms with Gasteiger partial charge in [0.2, 0.25) is 4.77 Å². The van der Waals surface area contributed by atoms with E-state index in [0.717, 1.165) is 32.8 Å². The maximum atomic E-state index is 6.04. The van der Waals surface area contributed by atoms with Gasteiger partial charge >= 0.3 is 0 Å². The molecule has 0 bridgehead atoms. The molecule has 3 aromatic rings. The van der Waals surface area contributed by atoms with E-state index in [2.05, 4.69) is 31.5 Å². The first kappa shape index (κ1) is 20.1. The summed E-state index contributed by atoms with van der Waals surface area (Å²) in [6.45, 7) is 5.82. The molecule has 1 unspecified atom stereocenters. The Morgan fingerprint density at radius 2 is 1.93 bits per heavy atom. The summed E-state index contributed by atoms with van der Waals surface area (Å²) >= 11 is 13.4. The molecule has 8 heteroatoms. The van der Waals surface area contributed by atoms with Crippen LogP contribution in [0.4, 0.5) is 0 Å². The normalized spacial score (nSPS) is 12.5. The molecule has 1 atom stereocenters. The largest absolute Gasteiger partial charge is 0.497 e. The number of methoxy groups -OCH3 is 1. The Morgan fingerprint density at radius 1 is 1.22 bits per heavy atom. The first-order valence-electron chi connectivity index (χ1n) is 8.78. The van der Waals surface area contributed by atoms with Crippen molar-refractivity contribution in [2.75, 3.05) is 14.2 Å².